The number of nitrogens with zero attached hydrogens (tertiary/aromatic N) is 1. The van der Waals surface area contributed by atoms with Crippen LogP contribution in [0.2, 0.25) is 0 Å². The van der Waals surface area contributed by atoms with Crippen LogP contribution < -0.4 is 4.90 Å². The largest absolute Gasteiger partial charge is 0.309 e. The molecule has 1 heterocycles. The van der Waals surface area contributed by atoms with Crippen molar-refractivity contribution in [3.05, 3.63) is 197 Å². The van der Waals surface area contributed by atoms with Gasteiger partial charge in [-0.2, -0.15) is 0 Å². The first-order valence-electron chi connectivity index (χ1n) is 20.9. The summed E-state index contributed by atoms with van der Waals surface area (Å²) in [6.45, 7) is 14.4. The predicted molar refractivity (Wildman–Crippen MR) is 246 cm³/mol. The molecule has 0 saturated carbocycles. The third-order valence-corrected chi connectivity index (χ3v) is 14.4. The first-order valence-corrected chi connectivity index (χ1v) is 20.9. The Bertz CT molecular complexity index is 3140. The third kappa shape index (κ3) is 4.11. The molecule has 0 N–H and O–H groups in total. The lowest BCUT2D eigenvalue weighted by Gasteiger charge is -2.42. The van der Waals surface area contributed by atoms with Crippen LogP contribution in [-0.2, 0) is 16.2 Å². The molecule has 2 aliphatic carbocycles. The van der Waals surface area contributed by atoms with Crippen LogP contribution in [0, 0.1) is 0 Å². The maximum atomic E-state index is 2.58. The minimum atomic E-state index is -0.176. The van der Waals surface area contributed by atoms with Crippen LogP contribution in [0.25, 0.3) is 65.7 Å². The summed E-state index contributed by atoms with van der Waals surface area (Å²) in [5.74, 6) is 0. The molecule has 0 atom stereocenters. The van der Waals surface area contributed by atoms with E-state index in [0.29, 0.717) is 0 Å². The van der Waals surface area contributed by atoms with E-state index < -0.39 is 0 Å². The Kier molecular flexibility index (Phi) is 6.60. The van der Waals surface area contributed by atoms with Crippen molar-refractivity contribution in [2.75, 3.05) is 4.90 Å². The lowest BCUT2D eigenvalue weighted by atomic mass is 9.73. The molecule has 12 rings (SSSR count). The van der Waals surface area contributed by atoms with Crippen LogP contribution >= 0.6 is 0 Å². The van der Waals surface area contributed by atoms with E-state index in [2.05, 4.69) is 210 Å². The Morgan fingerprint density at radius 2 is 0.724 bits per heavy atom. The molecule has 0 aromatic heterocycles. The highest BCUT2D eigenvalue weighted by atomic mass is 15.2. The van der Waals surface area contributed by atoms with E-state index in [1.165, 1.54) is 116 Å². The van der Waals surface area contributed by atoms with Crippen molar-refractivity contribution in [1.29, 1.82) is 0 Å². The smallest absolute Gasteiger partial charge is 0.0619 e. The summed E-state index contributed by atoms with van der Waals surface area (Å²) in [5, 5.41) is 7.75. The molecular formula is C57H45N. The summed E-state index contributed by atoms with van der Waals surface area (Å²) >= 11 is 0. The molecule has 0 spiro atoms. The maximum Gasteiger partial charge on any atom is 0.0619 e. The maximum absolute atomic E-state index is 2.58. The second-order valence-electron chi connectivity index (χ2n) is 18.4. The Balaban J connectivity index is 1.25. The summed E-state index contributed by atoms with van der Waals surface area (Å²) in [6.07, 6.45) is 0. The average molecular weight is 744 g/mol. The van der Waals surface area contributed by atoms with Gasteiger partial charge in [-0.1, -0.05) is 187 Å². The SMILES string of the molecule is CC1(C)c2ccccc2N(c2c3ccccc3c(-c3cc4c(c5c6c(ccc35)C(C)(C)c3ccccc3-6)-c3ccccc3C4(C)C)c3ccccc23)c2ccccc21. The van der Waals surface area contributed by atoms with Gasteiger partial charge < -0.3 is 4.90 Å². The lowest BCUT2D eigenvalue weighted by Crippen LogP contribution is -2.30. The lowest BCUT2D eigenvalue weighted by molar-refractivity contribution is 0.632. The van der Waals surface area contributed by atoms with E-state index in [-0.39, 0.29) is 16.2 Å². The molecule has 0 unspecified atom stereocenters. The third-order valence-electron chi connectivity index (χ3n) is 14.4. The van der Waals surface area contributed by atoms with Crippen molar-refractivity contribution < 1.29 is 0 Å². The van der Waals surface area contributed by atoms with E-state index in [1.54, 1.807) is 0 Å². The fourth-order valence-corrected chi connectivity index (χ4v) is 11.6. The van der Waals surface area contributed by atoms with Crippen molar-refractivity contribution in [3.63, 3.8) is 0 Å². The van der Waals surface area contributed by atoms with Gasteiger partial charge in [0, 0.05) is 27.0 Å². The predicted octanol–water partition coefficient (Wildman–Crippen LogP) is 15.5. The molecule has 278 valence electrons. The van der Waals surface area contributed by atoms with E-state index in [9.17, 15) is 0 Å². The quantitative estimate of drug-likeness (QED) is 0.159. The van der Waals surface area contributed by atoms with E-state index in [1.807, 2.05) is 0 Å². The van der Waals surface area contributed by atoms with Gasteiger partial charge in [0.25, 0.3) is 0 Å². The van der Waals surface area contributed by atoms with Gasteiger partial charge in [0.05, 0.1) is 17.1 Å². The molecular weight excluding hydrogens is 699 g/mol. The fraction of sp³-hybridized carbons (Fsp3) is 0.158. The number of fused-ring (bicyclic) bond motifs is 13. The highest BCUT2D eigenvalue weighted by molar-refractivity contribution is 6.27. The molecule has 0 fully saturated rings. The number of para-hydroxylation sites is 2. The molecule has 1 nitrogen and oxygen atoms in total. The van der Waals surface area contributed by atoms with Gasteiger partial charge >= 0.3 is 0 Å². The van der Waals surface area contributed by atoms with E-state index >= 15 is 0 Å². The Morgan fingerprint density at radius 3 is 1.28 bits per heavy atom. The number of hydrogen-bond donors (Lipinski definition) is 0. The van der Waals surface area contributed by atoms with Crippen molar-refractivity contribution >= 4 is 49.4 Å². The summed E-state index contributed by atoms with van der Waals surface area (Å²) in [4.78, 5) is 2.57. The molecule has 3 aliphatic rings. The normalized spacial score (nSPS) is 16.1. The first kappa shape index (κ1) is 33.7. The van der Waals surface area contributed by atoms with Crippen LogP contribution in [0.5, 0.6) is 0 Å². The molecule has 0 amide bonds. The average Bonchev–Trinajstić information content (AvgIpc) is 3.63. The van der Waals surface area contributed by atoms with Crippen molar-refractivity contribution in [2.24, 2.45) is 0 Å². The highest BCUT2D eigenvalue weighted by Crippen LogP contribution is 2.61. The summed E-state index contributed by atoms with van der Waals surface area (Å²) in [6, 6.07) is 62.2. The Hall–Kier alpha value is -6.44. The van der Waals surface area contributed by atoms with E-state index in [0.717, 1.165) is 0 Å². The van der Waals surface area contributed by atoms with Gasteiger partial charge in [-0.25, -0.2) is 0 Å². The van der Waals surface area contributed by atoms with Crippen LogP contribution in [0.3, 0.4) is 0 Å². The van der Waals surface area contributed by atoms with Gasteiger partial charge in [-0.05, 0) is 107 Å². The summed E-state index contributed by atoms with van der Waals surface area (Å²) in [7, 11) is 0. The second-order valence-corrected chi connectivity index (χ2v) is 18.4. The summed E-state index contributed by atoms with van der Waals surface area (Å²) in [5.41, 5.74) is 19.8. The van der Waals surface area contributed by atoms with Gasteiger partial charge in [0.15, 0.2) is 0 Å². The van der Waals surface area contributed by atoms with Crippen LogP contribution in [0.1, 0.15) is 74.9 Å². The molecule has 1 heteroatoms. The topological polar surface area (TPSA) is 3.24 Å². The van der Waals surface area contributed by atoms with Gasteiger partial charge in [-0.3, -0.25) is 0 Å². The molecule has 9 aromatic rings. The number of benzene rings is 9. The second kappa shape index (κ2) is 11.4. The monoisotopic (exact) mass is 743 g/mol. The summed E-state index contributed by atoms with van der Waals surface area (Å²) < 4.78 is 0. The molecule has 0 radical (unpaired) electrons. The number of hydrogen-bond acceptors (Lipinski definition) is 1. The minimum absolute atomic E-state index is 0.104. The Labute approximate surface area is 341 Å². The number of rotatable bonds is 2. The number of anilines is 3. The van der Waals surface area contributed by atoms with Crippen molar-refractivity contribution in [2.45, 2.75) is 57.8 Å². The van der Waals surface area contributed by atoms with E-state index in [4.69, 9.17) is 0 Å². The first-order chi connectivity index (χ1) is 28.1. The van der Waals surface area contributed by atoms with Crippen LogP contribution in [0.15, 0.2) is 164 Å². The standard InChI is InChI=1S/C57H45N/c1-55(2)42-25-13-11-23-39(42)51-46(55)32-31-36-41(33-47-52(53(36)51)40-24-12-14-26-43(40)56(47,3)4)50-34-19-7-9-21-37(34)54(38-22-10-8-20-35(38)50)58-48-29-17-15-27-44(48)57(5,6)45-28-16-18-30-49(45)58/h7-33H,1-6H3. The highest BCUT2D eigenvalue weighted by Gasteiger charge is 2.43. The molecule has 9 aromatic carbocycles. The van der Waals surface area contributed by atoms with Gasteiger partial charge in [0.2, 0.25) is 0 Å². The zero-order chi connectivity index (χ0) is 39.3. The molecule has 1 aliphatic heterocycles. The minimum Gasteiger partial charge on any atom is -0.309 e. The molecule has 0 bridgehead atoms. The van der Waals surface area contributed by atoms with Crippen molar-refractivity contribution in [3.8, 4) is 33.4 Å². The zero-order valence-electron chi connectivity index (χ0n) is 34.0. The van der Waals surface area contributed by atoms with Crippen LogP contribution in [-0.4, -0.2) is 0 Å². The Morgan fingerprint density at radius 1 is 0.310 bits per heavy atom. The van der Waals surface area contributed by atoms with Gasteiger partial charge in [-0.15, -0.1) is 0 Å². The molecule has 58 heavy (non-hydrogen) atoms. The van der Waals surface area contributed by atoms with Crippen molar-refractivity contribution in [1.82, 2.24) is 0 Å². The molecule has 0 saturated heterocycles. The van der Waals surface area contributed by atoms with Crippen LogP contribution in [0.4, 0.5) is 17.1 Å². The fourth-order valence-electron chi connectivity index (χ4n) is 11.6. The zero-order valence-corrected chi connectivity index (χ0v) is 34.0. The van der Waals surface area contributed by atoms with Gasteiger partial charge in [0.1, 0.15) is 0 Å².